The van der Waals surface area contributed by atoms with E-state index in [4.69, 9.17) is 0 Å². The molecule has 1 rings (SSSR count). The van der Waals surface area contributed by atoms with Crippen LogP contribution >= 0.6 is 0 Å². The lowest BCUT2D eigenvalue weighted by Crippen LogP contribution is -2.36. The highest BCUT2D eigenvalue weighted by Crippen LogP contribution is 2.27. The third-order valence-corrected chi connectivity index (χ3v) is 3.23. The fourth-order valence-corrected chi connectivity index (χ4v) is 1.85. The zero-order valence-electron chi connectivity index (χ0n) is 9.92. The van der Waals surface area contributed by atoms with Crippen molar-refractivity contribution in [1.29, 1.82) is 0 Å². The molecule has 2 nitrogen and oxygen atoms in total. The summed E-state index contributed by atoms with van der Waals surface area (Å²) in [6, 6.07) is 0. The Kier molecular flexibility index (Phi) is 4.39. The molecule has 0 atom stereocenters. The maximum Gasteiger partial charge on any atom is 0.0603 e. The van der Waals surface area contributed by atoms with E-state index in [1.165, 1.54) is 25.8 Å². The fourth-order valence-electron chi connectivity index (χ4n) is 1.85. The van der Waals surface area contributed by atoms with E-state index < -0.39 is 5.60 Å². The summed E-state index contributed by atoms with van der Waals surface area (Å²) in [6.07, 6.45) is 5.14. The van der Waals surface area contributed by atoms with Crippen LogP contribution in [-0.4, -0.2) is 35.2 Å². The molecule has 1 aliphatic rings. The first-order valence-electron chi connectivity index (χ1n) is 5.96. The Bertz CT molecular complexity index is 158. The predicted molar refractivity (Wildman–Crippen MR) is 60.4 cm³/mol. The van der Waals surface area contributed by atoms with Gasteiger partial charge in [0.2, 0.25) is 0 Å². The molecule has 0 spiro atoms. The molecule has 0 unspecified atom stereocenters. The van der Waals surface area contributed by atoms with Gasteiger partial charge in [-0.05, 0) is 45.6 Å². The highest BCUT2D eigenvalue weighted by Gasteiger charge is 2.21. The number of hydrogen-bond acceptors (Lipinski definition) is 2. The molecule has 1 N–H and O–H groups in total. The number of nitrogens with zero attached hydrogens (tertiary/aromatic N) is 1. The maximum absolute atomic E-state index is 9.64. The SMILES string of the molecule is CCN(CCC(C)(C)O)CC1CCC1. The zero-order valence-corrected chi connectivity index (χ0v) is 9.92. The Morgan fingerprint density at radius 2 is 2.00 bits per heavy atom. The van der Waals surface area contributed by atoms with Gasteiger partial charge in [-0.25, -0.2) is 0 Å². The van der Waals surface area contributed by atoms with Crippen LogP contribution in [0.3, 0.4) is 0 Å². The van der Waals surface area contributed by atoms with E-state index in [0.717, 1.165) is 25.4 Å². The monoisotopic (exact) mass is 199 g/mol. The average molecular weight is 199 g/mol. The molecule has 1 fully saturated rings. The summed E-state index contributed by atoms with van der Waals surface area (Å²) < 4.78 is 0. The summed E-state index contributed by atoms with van der Waals surface area (Å²) >= 11 is 0. The van der Waals surface area contributed by atoms with Gasteiger partial charge in [-0.2, -0.15) is 0 Å². The van der Waals surface area contributed by atoms with Crippen LogP contribution in [0.2, 0.25) is 0 Å². The van der Waals surface area contributed by atoms with E-state index in [-0.39, 0.29) is 0 Å². The van der Waals surface area contributed by atoms with E-state index in [0.29, 0.717) is 0 Å². The number of hydrogen-bond donors (Lipinski definition) is 1. The predicted octanol–water partition coefficient (Wildman–Crippen LogP) is 2.27. The van der Waals surface area contributed by atoms with Gasteiger partial charge < -0.3 is 10.0 Å². The first-order valence-corrected chi connectivity index (χ1v) is 5.96. The molecule has 0 aliphatic heterocycles. The van der Waals surface area contributed by atoms with Gasteiger partial charge in [-0.3, -0.25) is 0 Å². The molecule has 0 heterocycles. The fraction of sp³-hybridized carbons (Fsp3) is 1.00. The van der Waals surface area contributed by atoms with Gasteiger partial charge in [0.25, 0.3) is 0 Å². The second kappa shape index (κ2) is 5.13. The van der Waals surface area contributed by atoms with E-state index >= 15 is 0 Å². The molecule has 0 aromatic carbocycles. The van der Waals surface area contributed by atoms with Gasteiger partial charge in [-0.1, -0.05) is 13.3 Å². The van der Waals surface area contributed by atoms with Gasteiger partial charge in [-0.15, -0.1) is 0 Å². The van der Waals surface area contributed by atoms with Gasteiger partial charge in [0.05, 0.1) is 5.60 Å². The van der Waals surface area contributed by atoms with Crippen molar-refractivity contribution >= 4 is 0 Å². The van der Waals surface area contributed by atoms with Crippen LogP contribution in [0.4, 0.5) is 0 Å². The molecule has 1 aliphatic carbocycles. The van der Waals surface area contributed by atoms with E-state index in [1.54, 1.807) is 0 Å². The summed E-state index contributed by atoms with van der Waals surface area (Å²) in [6.45, 7) is 9.40. The summed E-state index contributed by atoms with van der Waals surface area (Å²) in [5, 5.41) is 9.64. The second-order valence-electron chi connectivity index (χ2n) is 5.25. The standard InChI is InChI=1S/C12H25NO/c1-4-13(9-8-12(2,3)14)10-11-6-5-7-11/h11,14H,4-10H2,1-3H3. The molecule has 1 saturated carbocycles. The Labute approximate surface area is 88.3 Å². The van der Waals surface area contributed by atoms with Crippen molar-refractivity contribution in [2.24, 2.45) is 5.92 Å². The molecule has 84 valence electrons. The van der Waals surface area contributed by atoms with Crippen LogP contribution in [0.5, 0.6) is 0 Å². The highest BCUT2D eigenvalue weighted by atomic mass is 16.3. The molecule has 0 saturated heterocycles. The first kappa shape index (κ1) is 12.0. The van der Waals surface area contributed by atoms with Crippen LogP contribution < -0.4 is 0 Å². The van der Waals surface area contributed by atoms with Crippen molar-refractivity contribution in [3.8, 4) is 0 Å². The van der Waals surface area contributed by atoms with Gasteiger partial charge in [0, 0.05) is 13.1 Å². The van der Waals surface area contributed by atoms with Crippen molar-refractivity contribution in [3.63, 3.8) is 0 Å². The highest BCUT2D eigenvalue weighted by molar-refractivity contribution is 4.75. The van der Waals surface area contributed by atoms with Crippen molar-refractivity contribution in [2.75, 3.05) is 19.6 Å². The lowest BCUT2D eigenvalue weighted by Gasteiger charge is -2.33. The van der Waals surface area contributed by atoms with Crippen molar-refractivity contribution in [2.45, 2.75) is 52.1 Å². The molecule has 0 aromatic rings. The average Bonchev–Trinajstić information content (AvgIpc) is 2.00. The molecule has 14 heavy (non-hydrogen) atoms. The van der Waals surface area contributed by atoms with Gasteiger partial charge in [0.15, 0.2) is 0 Å². The Hall–Kier alpha value is -0.0800. The molecule has 0 aromatic heterocycles. The maximum atomic E-state index is 9.64. The summed E-state index contributed by atoms with van der Waals surface area (Å²) in [7, 11) is 0. The lowest BCUT2D eigenvalue weighted by molar-refractivity contribution is 0.0536. The van der Waals surface area contributed by atoms with Crippen LogP contribution in [0.15, 0.2) is 0 Å². The molecule has 0 bridgehead atoms. The molecule has 0 amide bonds. The molecule has 0 radical (unpaired) electrons. The summed E-state index contributed by atoms with van der Waals surface area (Å²) in [5.41, 5.74) is -0.507. The minimum Gasteiger partial charge on any atom is -0.390 e. The van der Waals surface area contributed by atoms with Gasteiger partial charge >= 0.3 is 0 Å². The van der Waals surface area contributed by atoms with Crippen molar-refractivity contribution in [3.05, 3.63) is 0 Å². The Morgan fingerprint density at radius 3 is 2.36 bits per heavy atom. The zero-order chi connectivity index (χ0) is 10.6. The van der Waals surface area contributed by atoms with Crippen LogP contribution in [-0.2, 0) is 0 Å². The minimum absolute atomic E-state index is 0.507. The van der Waals surface area contributed by atoms with E-state index in [1.807, 2.05) is 13.8 Å². The number of aliphatic hydroxyl groups is 1. The molecular formula is C12H25NO. The van der Waals surface area contributed by atoms with Crippen LogP contribution in [0.1, 0.15) is 46.5 Å². The quantitative estimate of drug-likeness (QED) is 0.709. The summed E-state index contributed by atoms with van der Waals surface area (Å²) in [4.78, 5) is 2.47. The largest absolute Gasteiger partial charge is 0.390 e. The Balaban J connectivity index is 2.17. The van der Waals surface area contributed by atoms with Crippen molar-refractivity contribution in [1.82, 2.24) is 4.90 Å². The smallest absolute Gasteiger partial charge is 0.0603 e. The van der Waals surface area contributed by atoms with Crippen molar-refractivity contribution < 1.29 is 5.11 Å². The van der Waals surface area contributed by atoms with E-state index in [2.05, 4.69) is 11.8 Å². The normalized spacial score (nSPS) is 18.6. The van der Waals surface area contributed by atoms with E-state index in [9.17, 15) is 5.11 Å². The second-order valence-corrected chi connectivity index (χ2v) is 5.25. The molecule has 2 heteroatoms. The van der Waals surface area contributed by atoms with Crippen LogP contribution in [0.25, 0.3) is 0 Å². The topological polar surface area (TPSA) is 23.5 Å². The third kappa shape index (κ3) is 4.43. The molecular weight excluding hydrogens is 174 g/mol. The Morgan fingerprint density at radius 1 is 1.36 bits per heavy atom. The summed E-state index contributed by atoms with van der Waals surface area (Å²) in [5.74, 6) is 0.941. The number of rotatable bonds is 6. The lowest BCUT2D eigenvalue weighted by atomic mass is 9.85. The third-order valence-electron chi connectivity index (χ3n) is 3.23. The van der Waals surface area contributed by atoms with Crippen LogP contribution in [0, 0.1) is 5.92 Å². The first-order chi connectivity index (χ1) is 6.51. The van der Waals surface area contributed by atoms with Gasteiger partial charge in [0.1, 0.15) is 0 Å². The minimum atomic E-state index is -0.507.